The molecule has 1 aromatic heterocycles. The molecule has 0 aliphatic heterocycles. The highest BCUT2D eigenvalue weighted by molar-refractivity contribution is 8.77. The van der Waals surface area contributed by atoms with Crippen molar-refractivity contribution in [1.29, 1.82) is 0 Å². The number of aromatic nitrogens is 1. The molecule has 0 radical (unpaired) electrons. The van der Waals surface area contributed by atoms with Crippen molar-refractivity contribution in [3.63, 3.8) is 0 Å². The minimum atomic E-state index is -0.822. The van der Waals surface area contributed by atoms with E-state index in [0.717, 1.165) is 38.5 Å². The van der Waals surface area contributed by atoms with E-state index >= 15 is 0 Å². The molecule has 0 aromatic carbocycles. The Morgan fingerprint density at radius 2 is 1.44 bits per heavy atom. The van der Waals surface area contributed by atoms with E-state index in [9.17, 15) is 14.4 Å². The summed E-state index contributed by atoms with van der Waals surface area (Å²) in [7, 11) is 3.02. The van der Waals surface area contributed by atoms with Crippen molar-refractivity contribution in [2.45, 2.75) is 89.3 Å². The molecule has 8 nitrogen and oxygen atoms in total. The van der Waals surface area contributed by atoms with Gasteiger partial charge >= 0.3 is 0 Å². The Morgan fingerprint density at radius 1 is 0.854 bits per heavy atom. The number of rotatable bonds is 26. The van der Waals surface area contributed by atoms with Crippen LogP contribution in [0.25, 0.3) is 0 Å². The summed E-state index contributed by atoms with van der Waals surface area (Å²) in [5, 5.41) is 17.7. The first-order chi connectivity index (χ1) is 23.3. The van der Waals surface area contributed by atoms with Crippen LogP contribution in [-0.4, -0.2) is 64.1 Å². The van der Waals surface area contributed by atoms with Crippen molar-refractivity contribution in [3.8, 4) is 0 Å². The first kappa shape index (κ1) is 42.7. The maximum atomic E-state index is 13.0. The molecular weight excluding hydrogens is 641 g/mol. The second-order valence-electron chi connectivity index (χ2n) is 11.3. The standard InChI is InChI=1S/C38H56N4O4S2/c1-4-5-6-7-8-9-10-11-12-13-14-15-16-17-18-19-20-21-22-26-34(44)40-29-31-47-48-38(2,3)35(37(46)41-28-24-30-43)42-36(45)33-25-23-27-39-32-33/h5-6,8-9,11-12,14-15,17-18,20-21,23,25,27,32,35,43H,4,7,10,13,16,19,22,24,26,28-31H2,1-3H3,(H,40,44)(H,41,46)(H,42,45)/b6-5-,9-8-,12-11-,15-14-,18-17-,21-20-. The molecule has 1 atom stereocenters. The molecule has 0 aliphatic rings. The van der Waals surface area contributed by atoms with E-state index in [1.54, 1.807) is 18.3 Å². The largest absolute Gasteiger partial charge is 0.396 e. The first-order valence-electron chi connectivity index (χ1n) is 16.9. The first-order valence-corrected chi connectivity index (χ1v) is 19.2. The number of pyridine rings is 1. The monoisotopic (exact) mass is 696 g/mol. The van der Waals surface area contributed by atoms with E-state index in [0.29, 0.717) is 43.7 Å². The molecule has 10 heteroatoms. The van der Waals surface area contributed by atoms with Gasteiger partial charge in [-0.2, -0.15) is 0 Å². The number of amides is 3. The van der Waals surface area contributed by atoms with Crippen LogP contribution < -0.4 is 16.0 Å². The number of aliphatic hydroxyl groups excluding tert-OH is 1. The number of carbonyl (C=O) groups excluding carboxylic acids is 3. The molecule has 1 unspecified atom stereocenters. The van der Waals surface area contributed by atoms with Crippen molar-refractivity contribution >= 4 is 39.3 Å². The molecule has 0 aliphatic carbocycles. The molecule has 1 heterocycles. The topological polar surface area (TPSA) is 120 Å². The average molecular weight is 697 g/mol. The lowest BCUT2D eigenvalue weighted by atomic mass is 10.0. The molecule has 0 fully saturated rings. The zero-order chi connectivity index (χ0) is 35.1. The van der Waals surface area contributed by atoms with Gasteiger partial charge in [0, 0.05) is 49.0 Å². The van der Waals surface area contributed by atoms with Gasteiger partial charge in [-0.05, 0) is 77.3 Å². The molecule has 1 aromatic rings. The second kappa shape index (κ2) is 28.7. The highest BCUT2D eigenvalue weighted by Gasteiger charge is 2.37. The van der Waals surface area contributed by atoms with E-state index in [4.69, 9.17) is 5.11 Å². The smallest absolute Gasteiger partial charge is 0.253 e. The summed E-state index contributed by atoms with van der Waals surface area (Å²) in [4.78, 5) is 42.0. The van der Waals surface area contributed by atoms with Crippen LogP contribution in [0.15, 0.2) is 97.4 Å². The average Bonchev–Trinajstić information content (AvgIpc) is 3.08. The van der Waals surface area contributed by atoms with Gasteiger partial charge in [0.2, 0.25) is 11.8 Å². The SMILES string of the molecule is CC/C=C\C/C=C\C/C=C\C/C=C\C/C=C\C/C=C\CCC(=O)NCCSSC(C)(C)C(NC(=O)c1cccnc1)C(=O)NCCCO. The van der Waals surface area contributed by atoms with Crippen LogP contribution in [0.3, 0.4) is 0 Å². The maximum absolute atomic E-state index is 13.0. The molecule has 264 valence electrons. The van der Waals surface area contributed by atoms with E-state index in [1.165, 1.54) is 27.8 Å². The van der Waals surface area contributed by atoms with Gasteiger partial charge in [-0.25, -0.2) is 0 Å². The molecule has 0 spiro atoms. The van der Waals surface area contributed by atoms with Crippen molar-refractivity contribution in [3.05, 3.63) is 103 Å². The lowest BCUT2D eigenvalue weighted by Crippen LogP contribution is -2.56. The van der Waals surface area contributed by atoms with Crippen LogP contribution in [0.1, 0.15) is 88.9 Å². The van der Waals surface area contributed by atoms with Gasteiger partial charge in [0.05, 0.1) is 5.56 Å². The fourth-order valence-electron chi connectivity index (χ4n) is 4.08. The van der Waals surface area contributed by atoms with E-state index in [2.05, 4.69) is 94.7 Å². The van der Waals surface area contributed by atoms with E-state index < -0.39 is 10.8 Å². The number of hydrogen-bond donors (Lipinski definition) is 4. The summed E-state index contributed by atoms with van der Waals surface area (Å²) in [6.07, 6.45) is 36.3. The number of nitrogens with zero attached hydrogens (tertiary/aromatic N) is 1. The number of nitrogens with one attached hydrogen (secondary N) is 3. The van der Waals surface area contributed by atoms with Crippen LogP contribution in [0.2, 0.25) is 0 Å². The predicted molar refractivity (Wildman–Crippen MR) is 205 cm³/mol. The maximum Gasteiger partial charge on any atom is 0.253 e. The van der Waals surface area contributed by atoms with Crippen LogP contribution >= 0.6 is 21.6 Å². The third kappa shape index (κ3) is 22.3. The quantitative estimate of drug-likeness (QED) is 0.0452. The summed E-state index contributed by atoms with van der Waals surface area (Å²) < 4.78 is -0.661. The van der Waals surface area contributed by atoms with E-state index in [1.807, 2.05) is 19.9 Å². The Kier molecular flexibility index (Phi) is 25.5. The molecular formula is C38H56N4O4S2. The Balaban J connectivity index is 2.26. The number of hydrogen-bond acceptors (Lipinski definition) is 7. The minimum absolute atomic E-state index is 0.00395. The molecule has 1 rings (SSSR count). The van der Waals surface area contributed by atoms with Crippen molar-refractivity contribution in [2.24, 2.45) is 0 Å². The van der Waals surface area contributed by atoms with Crippen LogP contribution in [0, 0.1) is 0 Å². The number of allylic oxidation sites excluding steroid dienone is 12. The Morgan fingerprint density at radius 3 is 1.98 bits per heavy atom. The van der Waals surface area contributed by atoms with Crippen LogP contribution in [0.5, 0.6) is 0 Å². The summed E-state index contributed by atoms with van der Waals surface area (Å²) >= 11 is 0. The third-order valence-electron chi connectivity index (χ3n) is 6.71. The summed E-state index contributed by atoms with van der Waals surface area (Å²) in [6.45, 7) is 6.73. The zero-order valence-electron chi connectivity index (χ0n) is 28.9. The molecule has 0 saturated heterocycles. The van der Waals surface area contributed by atoms with Gasteiger partial charge in [0.1, 0.15) is 6.04 Å². The molecule has 4 N–H and O–H groups in total. The van der Waals surface area contributed by atoms with Gasteiger partial charge in [0.15, 0.2) is 0 Å². The summed E-state index contributed by atoms with van der Waals surface area (Å²) in [5.41, 5.74) is 0.367. The number of aliphatic hydroxyl groups is 1. The zero-order valence-corrected chi connectivity index (χ0v) is 30.6. The highest BCUT2D eigenvalue weighted by Crippen LogP contribution is 2.38. The molecule has 0 saturated carbocycles. The highest BCUT2D eigenvalue weighted by atomic mass is 33.1. The fraction of sp³-hybridized carbons (Fsp3) is 0.474. The van der Waals surface area contributed by atoms with Gasteiger partial charge in [-0.1, -0.05) is 101 Å². The van der Waals surface area contributed by atoms with Gasteiger partial charge in [-0.3, -0.25) is 19.4 Å². The van der Waals surface area contributed by atoms with Crippen molar-refractivity contribution in [1.82, 2.24) is 20.9 Å². The normalized spacial score (nSPS) is 13.1. The fourth-order valence-corrected chi connectivity index (χ4v) is 6.61. The number of carbonyl (C=O) groups is 3. The van der Waals surface area contributed by atoms with E-state index in [-0.39, 0.29) is 24.3 Å². The molecule has 3 amide bonds. The van der Waals surface area contributed by atoms with Crippen molar-refractivity contribution < 1.29 is 19.5 Å². The van der Waals surface area contributed by atoms with Crippen molar-refractivity contribution in [2.75, 3.05) is 25.4 Å². The Bertz CT molecular complexity index is 1210. The second-order valence-corrected chi connectivity index (χ2v) is 14.4. The summed E-state index contributed by atoms with van der Waals surface area (Å²) in [5.74, 6) is -0.0520. The van der Waals surface area contributed by atoms with Crippen LogP contribution in [0.4, 0.5) is 0 Å². The Hall–Kier alpha value is -3.34. The predicted octanol–water partition coefficient (Wildman–Crippen LogP) is 7.43. The van der Waals surface area contributed by atoms with Gasteiger partial charge in [-0.15, -0.1) is 0 Å². The lowest BCUT2D eigenvalue weighted by molar-refractivity contribution is -0.123. The summed E-state index contributed by atoms with van der Waals surface area (Å²) in [6, 6.07) is 2.49. The van der Waals surface area contributed by atoms with Crippen LogP contribution in [-0.2, 0) is 9.59 Å². The Labute approximate surface area is 296 Å². The molecule has 48 heavy (non-hydrogen) atoms. The van der Waals surface area contributed by atoms with Gasteiger partial charge < -0.3 is 21.1 Å². The minimum Gasteiger partial charge on any atom is -0.396 e. The third-order valence-corrected chi connectivity index (χ3v) is 10.0. The van der Waals surface area contributed by atoms with Gasteiger partial charge in [0.25, 0.3) is 5.91 Å². The lowest BCUT2D eigenvalue weighted by Gasteiger charge is -2.33. The molecule has 0 bridgehead atoms.